The first-order valence-electron chi connectivity index (χ1n) is 14.7. The molecule has 16 nitrogen and oxygen atoms in total. The molecule has 0 saturated carbocycles. The Bertz CT molecular complexity index is 708. The number of carbonyl (C=O) groups is 3. The van der Waals surface area contributed by atoms with Crippen LogP contribution < -0.4 is 16.1 Å². The van der Waals surface area contributed by atoms with Crippen LogP contribution in [0.4, 0.5) is 14.4 Å². The highest BCUT2D eigenvalue weighted by molar-refractivity contribution is 6.17. The number of alkyl halides is 1. The molecule has 0 aromatic carbocycles. The van der Waals surface area contributed by atoms with Crippen molar-refractivity contribution >= 4 is 29.9 Å². The Kier molecular flexibility index (Phi) is 33.1. The monoisotopic (exact) mass is 659 g/mol. The molecular weight excluding hydrogens is 610 g/mol. The minimum absolute atomic E-state index is 0.00694. The van der Waals surface area contributed by atoms with E-state index in [4.69, 9.17) is 59.4 Å². The van der Waals surface area contributed by atoms with Gasteiger partial charge < -0.3 is 53.6 Å². The van der Waals surface area contributed by atoms with Gasteiger partial charge >= 0.3 is 18.3 Å². The average molecular weight is 660 g/mol. The van der Waals surface area contributed by atoms with Crippen molar-refractivity contribution in [3.8, 4) is 0 Å². The molecule has 44 heavy (non-hydrogen) atoms. The molecule has 0 aromatic rings. The summed E-state index contributed by atoms with van der Waals surface area (Å²) in [6, 6.07) is 0. The highest BCUT2D eigenvalue weighted by atomic mass is 35.5. The number of aliphatic hydroxyl groups excluding tert-OH is 1. The summed E-state index contributed by atoms with van der Waals surface area (Å²) < 4.78 is 41.0. The van der Waals surface area contributed by atoms with E-state index < -0.39 is 18.3 Å². The zero-order valence-corrected chi connectivity index (χ0v) is 26.2. The van der Waals surface area contributed by atoms with Crippen LogP contribution in [0.2, 0.25) is 0 Å². The van der Waals surface area contributed by atoms with Crippen molar-refractivity contribution < 1.29 is 62.2 Å². The molecule has 0 aliphatic heterocycles. The summed E-state index contributed by atoms with van der Waals surface area (Å²) in [6.45, 7) is 4.19. The Balaban J connectivity index is 3.38. The lowest BCUT2D eigenvalue weighted by molar-refractivity contribution is -0.0115. The van der Waals surface area contributed by atoms with Crippen molar-refractivity contribution in [2.45, 2.75) is 25.7 Å². The zero-order chi connectivity index (χ0) is 32.2. The number of amides is 3. The van der Waals surface area contributed by atoms with Crippen LogP contribution in [-0.2, 0) is 42.7 Å². The van der Waals surface area contributed by atoms with E-state index >= 15 is 0 Å². The maximum Gasteiger partial charge on any atom is 0.431 e. The highest BCUT2D eigenvalue weighted by Crippen LogP contribution is 2.01. The number of aliphatic hydroxyl groups is 1. The molecule has 3 amide bonds. The van der Waals surface area contributed by atoms with Gasteiger partial charge in [-0.2, -0.15) is 5.48 Å². The van der Waals surface area contributed by atoms with Crippen molar-refractivity contribution in [2.75, 3.05) is 118 Å². The SMILES string of the molecule is O=C(NCCOCCOCCO)OC/C=C/COC(=O)NOCCOCCOC(=O)NCCOCCOCCCCCCCl. The third-order valence-electron chi connectivity index (χ3n) is 4.92. The molecule has 0 saturated heterocycles. The van der Waals surface area contributed by atoms with Crippen molar-refractivity contribution in [3.05, 3.63) is 12.2 Å². The molecule has 0 bridgehead atoms. The van der Waals surface area contributed by atoms with Gasteiger partial charge in [0.15, 0.2) is 0 Å². The predicted molar refractivity (Wildman–Crippen MR) is 159 cm³/mol. The fraction of sp³-hybridized carbons (Fsp3) is 0.815. The summed E-state index contributed by atoms with van der Waals surface area (Å²) in [7, 11) is 0. The van der Waals surface area contributed by atoms with Gasteiger partial charge in [-0.15, -0.1) is 11.6 Å². The molecule has 0 fully saturated rings. The van der Waals surface area contributed by atoms with E-state index in [1.54, 1.807) is 0 Å². The van der Waals surface area contributed by atoms with Crippen molar-refractivity contribution in [1.82, 2.24) is 16.1 Å². The van der Waals surface area contributed by atoms with E-state index in [0.29, 0.717) is 58.7 Å². The first-order chi connectivity index (χ1) is 21.6. The molecule has 17 heteroatoms. The van der Waals surface area contributed by atoms with Crippen LogP contribution in [0, 0.1) is 0 Å². The summed E-state index contributed by atoms with van der Waals surface area (Å²) in [5, 5.41) is 13.6. The number of hydrogen-bond acceptors (Lipinski definition) is 13. The average Bonchev–Trinajstić information content (AvgIpc) is 3.02. The van der Waals surface area contributed by atoms with Crippen LogP contribution in [-0.4, -0.2) is 141 Å². The second kappa shape index (κ2) is 35.0. The summed E-state index contributed by atoms with van der Waals surface area (Å²) >= 11 is 5.63. The molecule has 0 spiro atoms. The Labute approximate surface area is 264 Å². The smallest absolute Gasteiger partial charge is 0.431 e. The van der Waals surface area contributed by atoms with Crippen LogP contribution in [0.1, 0.15) is 25.7 Å². The van der Waals surface area contributed by atoms with E-state index in [0.717, 1.165) is 25.7 Å². The van der Waals surface area contributed by atoms with Gasteiger partial charge in [0.25, 0.3) is 0 Å². The van der Waals surface area contributed by atoms with Gasteiger partial charge in [0.2, 0.25) is 0 Å². The minimum atomic E-state index is -0.805. The highest BCUT2D eigenvalue weighted by Gasteiger charge is 2.03. The van der Waals surface area contributed by atoms with Crippen LogP contribution in [0.5, 0.6) is 0 Å². The molecule has 0 rings (SSSR count). The number of rotatable bonds is 31. The van der Waals surface area contributed by atoms with Gasteiger partial charge in [0, 0.05) is 25.6 Å². The molecule has 258 valence electrons. The standard InChI is InChI=1S/C27H50ClN3O13/c28-7-3-1-2-4-11-36-17-18-37-15-9-30-26(34)43-23-21-40-22-24-44-31-27(35)42-13-6-5-12-41-25(33)29-8-14-38-19-20-39-16-10-32/h5-6,32H,1-4,7-24H2,(H,29,33)(H,30,34)(H,31,35)/b6-5+. The normalized spacial score (nSPS) is 11.0. The molecule has 0 aliphatic rings. The van der Waals surface area contributed by atoms with Gasteiger partial charge in [-0.25, -0.2) is 14.4 Å². The number of nitrogens with one attached hydrogen (secondary N) is 3. The second-order valence-electron chi connectivity index (χ2n) is 8.50. The molecule has 0 unspecified atom stereocenters. The van der Waals surface area contributed by atoms with E-state index in [9.17, 15) is 14.4 Å². The number of alkyl carbamates (subject to hydrolysis) is 2. The minimum Gasteiger partial charge on any atom is -0.447 e. The number of unbranched alkanes of at least 4 members (excludes halogenated alkanes) is 3. The van der Waals surface area contributed by atoms with Crippen LogP contribution in [0.15, 0.2) is 12.2 Å². The lowest BCUT2D eigenvalue weighted by atomic mass is 10.2. The van der Waals surface area contributed by atoms with E-state index in [2.05, 4.69) is 16.1 Å². The van der Waals surface area contributed by atoms with Crippen LogP contribution >= 0.6 is 11.6 Å². The summed E-state index contributed by atoms with van der Waals surface area (Å²) in [5.41, 5.74) is 2.08. The number of halogens is 1. The van der Waals surface area contributed by atoms with E-state index in [-0.39, 0.29) is 59.4 Å². The molecule has 4 N–H and O–H groups in total. The zero-order valence-electron chi connectivity index (χ0n) is 25.4. The number of hydroxylamine groups is 1. The van der Waals surface area contributed by atoms with Gasteiger partial charge in [0.05, 0.1) is 72.7 Å². The van der Waals surface area contributed by atoms with Crippen molar-refractivity contribution in [2.24, 2.45) is 0 Å². The first-order valence-corrected chi connectivity index (χ1v) is 15.2. The van der Waals surface area contributed by atoms with Crippen LogP contribution in [0.25, 0.3) is 0 Å². The maximum atomic E-state index is 11.6. The molecular formula is C27H50ClN3O13. The Hall–Kier alpha value is -2.44. The maximum absolute atomic E-state index is 11.6. The molecule has 0 aliphatic carbocycles. The molecule has 0 radical (unpaired) electrons. The largest absolute Gasteiger partial charge is 0.447 e. The summed E-state index contributed by atoms with van der Waals surface area (Å²) in [6.07, 6.45) is 5.30. The second-order valence-corrected chi connectivity index (χ2v) is 8.87. The predicted octanol–water partition coefficient (Wildman–Crippen LogP) is 1.53. The topological polar surface area (TPSA) is 191 Å². The summed E-state index contributed by atoms with van der Waals surface area (Å²) in [5.74, 6) is 0.703. The summed E-state index contributed by atoms with van der Waals surface area (Å²) in [4.78, 5) is 39.5. The molecule has 0 aromatic heterocycles. The van der Waals surface area contributed by atoms with Crippen molar-refractivity contribution in [3.63, 3.8) is 0 Å². The van der Waals surface area contributed by atoms with Gasteiger partial charge in [-0.1, -0.05) is 12.8 Å². The first kappa shape index (κ1) is 41.6. The lowest BCUT2D eigenvalue weighted by Crippen LogP contribution is -2.29. The fourth-order valence-electron chi connectivity index (χ4n) is 2.83. The number of hydrogen-bond donors (Lipinski definition) is 4. The van der Waals surface area contributed by atoms with Crippen LogP contribution in [0.3, 0.4) is 0 Å². The molecule has 0 heterocycles. The third-order valence-corrected chi connectivity index (χ3v) is 5.18. The van der Waals surface area contributed by atoms with Gasteiger partial charge in [-0.3, -0.25) is 4.84 Å². The van der Waals surface area contributed by atoms with Gasteiger partial charge in [0.1, 0.15) is 19.8 Å². The Morgan fingerprint density at radius 2 is 1.05 bits per heavy atom. The lowest BCUT2D eigenvalue weighted by Gasteiger charge is -2.09. The quantitative estimate of drug-likeness (QED) is 0.0276. The Morgan fingerprint density at radius 3 is 1.68 bits per heavy atom. The fourth-order valence-corrected chi connectivity index (χ4v) is 3.02. The third kappa shape index (κ3) is 34.1. The number of ether oxygens (including phenoxy) is 8. The molecule has 0 atom stereocenters. The Morgan fingerprint density at radius 1 is 0.545 bits per heavy atom. The van der Waals surface area contributed by atoms with E-state index in [1.807, 2.05) is 0 Å². The van der Waals surface area contributed by atoms with E-state index in [1.165, 1.54) is 12.2 Å². The van der Waals surface area contributed by atoms with Crippen molar-refractivity contribution in [1.29, 1.82) is 0 Å². The van der Waals surface area contributed by atoms with Gasteiger partial charge in [-0.05, 0) is 25.0 Å². The number of carbonyl (C=O) groups excluding carboxylic acids is 3.